The van der Waals surface area contributed by atoms with E-state index in [1.807, 2.05) is 31.2 Å². The van der Waals surface area contributed by atoms with E-state index < -0.39 is 0 Å². The zero-order chi connectivity index (χ0) is 15.1. The maximum Gasteiger partial charge on any atom is 0.233 e. The molecule has 2 rings (SSSR count). The van der Waals surface area contributed by atoms with E-state index in [1.54, 1.807) is 7.11 Å². The van der Waals surface area contributed by atoms with Crippen LogP contribution in [0, 0.1) is 0 Å². The molecule has 1 heterocycles. The fourth-order valence-electron chi connectivity index (χ4n) is 1.72. The van der Waals surface area contributed by atoms with Crippen LogP contribution in [0.25, 0.3) is 0 Å². The molecule has 7 heteroatoms. The monoisotopic (exact) mass is 306 g/mol. The fraction of sp³-hybridized carbons (Fsp3) is 0.357. The second-order valence-electron chi connectivity index (χ2n) is 4.52. The Morgan fingerprint density at radius 3 is 2.71 bits per heavy atom. The number of H-pyrrole nitrogens is 1. The number of aromatic nitrogens is 3. The number of carbonyl (C=O) groups is 1. The number of hydrogen-bond acceptors (Lipinski definition) is 5. The lowest BCUT2D eigenvalue weighted by Gasteiger charge is -2.10. The molecule has 0 radical (unpaired) electrons. The predicted molar refractivity (Wildman–Crippen MR) is 80.7 cm³/mol. The van der Waals surface area contributed by atoms with Crippen LogP contribution in [-0.4, -0.2) is 33.4 Å². The molecule has 21 heavy (non-hydrogen) atoms. The Bertz CT molecular complexity index is 557. The van der Waals surface area contributed by atoms with Gasteiger partial charge in [-0.05, 0) is 18.1 Å². The summed E-state index contributed by atoms with van der Waals surface area (Å²) in [6.07, 6.45) is 1.43. The number of amides is 1. The molecule has 0 saturated heterocycles. The van der Waals surface area contributed by atoms with Crippen LogP contribution in [0.15, 0.2) is 35.7 Å². The summed E-state index contributed by atoms with van der Waals surface area (Å²) in [5, 5.41) is 9.80. The molecule has 0 unspecified atom stereocenters. The Morgan fingerprint density at radius 1 is 1.38 bits per heavy atom. The summed E-state index contributed by atoms with van der Waals surface area (Å²) in [7, 11) is 1.67. The van der Waals surface area contributed by atoms with Gasteiger partial charge in [0, 0.05) is 13.7 Å². The lowest BCUT2D eigenvalue weighted by molar-refractivity contribution is -0.120. The van der Waals surface area contributed by atoms with E-state index in [-0.39, 0.29) is 11.2 Å². The smallest absolute Gasteiger partial charge is 0.233 e. The minimum atomic E-state index is -0.231. The summed E-state index contributed by atoms with van der Waals surface area (Å²) < 4.78 is 5.06. The van der Waals surface area contributed by atoms with Gasteiger partial charge in [-0.25, -0.2) is 4.98 Å². The molecular formula is C14H18N4O2S. The van der Waals surface area contributed by atoms with Gasteiger partial charge in [-0.1, -0.05) is 36.0 Å². The molecule has 6 nitrogen and oxygen atoms in total. The number of nitrogens with zero attached hydrogens (tertiary/aromatic N) is 2. The minimum Gasteiger partial charge on any atom is -0.380 e. The van der Waals surface area contributed by atoms with Gasteiger partial charge in [0.25, 0.3) is 0 Å². The number of hydrogen-bond donors (Lipinski definition) is 2. The maximum absolute atomic E-state index is 12.0. The Morgan fingerprint density at radius 2 is 2.10 bits per heavy atom. The second-order valence-corrected chi connectivity index (χ2v) is 5.85. The van der Waals surface area contributed by atoms with Gasteiger partial charge in [0.15, 0.2) is 5.16 Å². The topological polar surface area (TPSA) is 79.9 Å². The molecule has 0 aliphatic carbocycles. The number of benzene rings is 1. The number of rotatable bonds is 7. The van der Waals surface area contributed by atoms with E-state index in [1.165, 1.54) is 18.1 Å². The number of carbonyl (C=O) groups excluding carboxylic acids is 1. The first-order chi connectivity index (χ1) is 10.2. The van der Waals surface area contributed by atoms with Crippen LogP contribution in [0.1, 0.15) is 18.1 Å². The SMILES string of the molecule is COCc1ccc(CNC(=O)[C@H](C)Sc2ncn[nH]2)cc1. The zero-order valence-electron chi connectivity index (χ0n) is 12.0. The van der Waals surface area contributed by atoms with Gasteiger partial charge in [-0.2, -0.15) is 5.10 Å². The van der Waals surface area contributed by atoms with Crippen LogP contribution >= 0.6 is 11.8 Å². The van der Waals surface area contributed by atoms with E-state index in [4.69, 9.17) is 4.74 Å². The van der Waals surface area contributed by atoms with Crippen molar-refractivity contribution in [3.63, 3.8) is 0 Å². The van der Waals surface area contributed by atoms with Crippen LogP contribution in [0.4, 0.5) is 0 Å². The van der Waals surface area contributed by atoms with Crippen molar-refractivity contribution in [3.8, 4) is 0 Å². The number of nitrogens with one attached hydrogen (secondary N) is 2. The van der Waals surface area contributed by atoms with E-state index in [2.05, 4.69) is 20.5 Å². The molecular weight excluding hydrogens is 288 g/mol. The quantitative estimate of drug-likeness (QED) is 0.762. The third kappa shape index (κ3) is 4.87. The second kappa shape index (κ2) is 7.80. The van der Waals surface area contributed by atoms with Crippen molar-refractivity contribution in [1.29, 1.82) is 0 Å². The molecule has 112 valence electrons. The molecule has 1 atom stereocenters. The molecule has 2 aromatic rings. The van der Waals surface area contributed by atoms with Crippen molar-refractivity contribution < 1.29 is 9.53 Å². The van der Waals surface area contributed by atoms with Gasteiger partial charge in [-0.15, -0.1) is 0 Å². The van der Waals surface area contributed by atoms with E-state index in [0.717, 1.165) is 11.1 Å². The van der Waals surface area contributed by atoms with Crippen LogP contribution in [0.2, 0.25) is 0 Å². The van der Waals surface area contributed by atoms with Crippen molar-refractivity contribution in [2.45, 2.75) is 30.5 Å². The average Bonchev–Trinajstić information content (AvgIpc) is 2.99. The summed E-state index contributed by atoms with van der Waals surface area (Å²) in [4.78, 5) is 16.0. The Hall–Kier alpha value is -1.86. The molecule has 0 aliphatic heterocycles. The molecule has 0 saturated carbocycles. The number of methoxy groups -OCH3 is 1. The van der Waals surface area contributed by atoms with Crippen LogP contribution < -0.4 is 5.32 Å². The van der Waals surface area contributed by atoms with Gasteiger partial charge in [-0.3, -0.25) is 9.89 Å². The first kappa shape index (κ1) is 15.5. The molecule has 1 amide bonds. The molecule has 1 aromatic carbocycles. The maximum atomic E-state index is 12.0. The number of thioether (sulfide) groups is 1. The highest BCUT2D eigenvalue weighted by molar-refractivity contribution is 8.00. The van der Waals surface area contributed by atoms with Crippen LogP contribution in [-0.2, 0) is 22.7 Å². The Kier molecular flexibility index (Phi) is 5.77. The first-order valence-corrected chi connectivity index (χ1v) is 7.43. The standard InChI is InChI=1S/C14H18N4O2S/c1-10(21-14-16-9-17-18-14)13(19)15-7-11-3-5-12(6-4-11)8-20-2/h3-6,9-10H,7-8H2,1-2H3,(H,15,19)(H,16,17,18)/t10-/m0/s1. The molecule has 0 bridgehead atoms. The Labute approximate surface area is 127 Å². The highest BCUT2D eigenvalue weighted by Crippen LogP contribution is 2.18. The summed E-state index contributed by atoms with van der Waals surface area (Å²) in [5.41, 5.74) is 2.17. The first-order valence-electron chi connectivity index (χ1n) is 6.55. The lowest BCUT2D eigenvalue weighted by Crippen LogP contribution is -2.30. The van der Waals surface area contributed by atoms with Gasteiger partial charge in [0.1, 0.15) is 6.33 Å². The average molecular weight is 306 g/mol. The van der Waals surface area contributed by atoms with Gasteiger partial charge in [0.05, 0.1) is 11.9 Å². The predicted octanol–water partition coefficient (Wildman–Crippen LogP) is 1.75. The highest BCUT2D eigenvalue weighted by Gasteiger charge is 2.15. The summed E-state index contributed by atoms with van der Waals surface area (Å²) in [6.45, 7) is 2.94. The van der Waals surface area contributed by atoms with Crippen molar-refractivity contribution in [1.82, 2.24) is 20.5 Å². The molecule has 0 fully saturated rings. The number of aromatic amines is 1. The van der Waals surface area contributed by atoms with E-state index in [0.29, 0.717) is 18.3 Å². The summed E-state index contributed by atoms with van der Waals surface area (Å²) in [6, 6.07) is 7.97. The minimum absolute atomic E-state index is 0.0302. The van der Waals surface area contributed by atoms with Crippen molar-refractivity contribution in [3.05, 3.63) is 41.7 Å². The molecule has 2 N–H and O–H groups in total. The van der Waals surface area contributed by atoms with Crippen molar-refractivity contribution >= 4 is 17.7 Å². The zero-order valence-corrected chi connectivity index (χ0v) is 12.8. The van der Waals surface area contributed by atoms with Gasteiger partial charge < -0.3 is 10.1 Å². The van der Waals surface area contributed by atoms with Gasteiger partial charge >= 0.3 is 0 Å². The normalized spacial score (nSPS) is 12.1. The third-order valence-electron chi connectivity index (χ3n) is 2.85. The highest BCUT2D eigenvalue weighted by atomic mass is 32.2. The third-order valence-corrected chi connectivity index (χ3v) is 3.84. The summed E-state index contributed by atoms with van der Waals surface area (Å²) in [5.74, 6) is -0.0302. The molecule has 1 aromatic heterocycles. The van der Waals surface area contributed by atoms with Gasteiger partial charge in [0.2, 0.25) is 5.91 Å². The fourth-order valence-corrected chi connectivity index (χ4v) is 2.46. The van der Waals surface area contributed by atoms with Crippen molar-refractivity contribution in [2.24, 2.45) is 0 Å². The molecule has 0 spiro atoms. The Balaban J connectivity index is 1.80. The largest absolute Gasteiger partial charge is 0.380 e. The number of ether oxygens (including phenoxy) is 1. The summed E-state index contributed by atoms with van der Waals surface area (Å²) >= 11 is 1.34. The van der Waals surface area contributed by atoms with Crippen molar-refractivity contribution in [2.75, 3.05) is 7.11 Å². The molecule has 0 aliphatic rings. The van der Waals surface area contributed by atoms with Crippen LogP contribution in [0.3, 0.4) is 0 Å². The van der Waals surface area contributed by atoms with Crippen LogP contribution in [0.5, 0.6) is 0 Å². The van der Waals surface area contributed by atoms with E-state index in [9.17, 15) is 4.79 Å². The lowest BCUT2D eigenvalue weighted by atomic mass is 10.1. The van der Waals surface area contributed by atoms with E-state index >= 15 is 0 Å².